The summed E-state index contributed by atoms with van der Waals surface area (Å²) < 4.78 is 78.5. The van der Waals surface area contributed by atoms with E-state index in [0.717, 1.165) is 0 Å². The minimum atomic E-state index is -4.84. The van der Waals surface area contributed by atoms with E-state index in [1.165, 1.54) is 0 Å². The lowest BCUT2D eigenvalue weighted by atomic mass is 10.0. The molecule has 1 aliphatic heterocycles. The van der Waals surface area contributed by atoms with Gasteiger partial charge in [0.1, 0.15) is 0 Å². The van der Waals surface area contributed by atoms with E-state index >= 15 is 0 Å². The fourth-order valence-corrected chi connectivity index (χ4v) is 1.77. The average molecular weight is 240 g/mol. The molecule has 0 aromatic carbocycles. The highest BCUT2D eigenvalue weighted by molar-refractivity contribution is 7.48. The molecular formula is C5H6F5O3P. The number of alkyl halides is 4. The summed E-state index contributed by atoms with van der Waals surface area (Å²) >= 11 is 0. The largest absolute Gasteiger partial charge is 0.513 e. The zero-order valence-corrected chi connectivity index (χ0v) is 7.58. The second kappa shape index (κ2) is 3.43. The molecule has 0 aliphatic carbocycles. The van der Waals surface area contributed by atoms with Crippen LogP contribution in [0.2, 0.25) is 0 Å². The summed E-state index contributed by atoms with van der Waals surface area (Å²) in [6.45, 7) is -2.44. The minimum absolute atomic E-state index is 1.22. The molecular weight excluding hydrogens is 234 g/mol. The lowest BCUT2D eigenvalue weighted by molar-refractivity contribution is -0.177. The first-order chi connectivity index (χ1) is 6.12. The van der Waals surface area contributed by atoms with Crippen LogP contribution >= 0.6 is 7.91 Å². The SMILES string of the molecule is O=P1(F)OCC(F)(CC(F)(F)F)CO1. The Morgan fingerprint density at radius 3 is 2.07 bits per heavy atom. The van der Waals surface area contributed by atoms with Crippen LogP contribution in [0.5, 0.6) is 0 Å². The predicted molar refractivity (Wildman–Crippen MR) is 35.1 cm³/mol. The Kier molecular flexibility index (Phi) is 2.91. The van der Waals surface area contributed by atoms with Gasteiger partial charge in [-0.3, -0.25) is 9.05 Å². The third-order valence-electron chi connectivity index (χ3n) is 1.47. The van der Waals surface area contributed by atoms with Crippen molar-refractivity contribution in [2.24, 2.45) is 0 Å². The molecule has 84 valence electrons. The van der Waals surface area contributed by atoms with Gasteiger partial charge in [-0.25, -0.2) is 8.96 Å². The second-order valence-electron chi connectivity index (χ2n) is 2.92. The van der Waals surface area contributed by atoms with Gasteiger partial charge in [0.25, 0.3) is 0 Å². The lowest BCUT2D eigenvalue weighted by Crippen LogP contribution is -2.41. The number of halogens is 5. The Morgan fingerprint density at radius 1 is 1.29 bits per heavy atom. The van der Waals surface area contributed by atoms with Crippen molar-refractivity contribution in [3.8, 4) is 0 Å². The van der Waals surface area contributed by atoms with Crippen molar-refractivity contribution in [3.05, 3.63) is 0 Å². The molecule has 1 heterocycles. The van der Waals surface area contributed by atoms with Gasteiger partial charge in [-0.15, -0.1) is 4.20 Å². The molecule has 1 saturated heterocycles. The highest BCUT2D eigenvalue weighted by atomic mass is 31.2. The molecule has 9 heteroatoms. The Hall–Kier alpha value is -0.200. The van der Waals surface area contributed by atoms with Crippen LogP contribution in [-0.2, 0) is 13.6 Å². The molecule has 0 aromatic heterocycles. The van der Waals surface area contributed by atoms with Crippen molar-refractivity contribution in [1.29, 1.82) is 0 Å². The van der Waals surface area contributed by atoms with E-state index in [9.17, 15) is 26.3 Å². The van der Waals surface area contributed by atoms with Gasteiger partial charge in [-0.2, -0.15) is 13.2 Å². The van der Waals surface area contributed by atoms with Gasteiger partial charge in [-0.1, -0.05) is 0 Å². The van der Waals surface area contributed by atoms with E-state index in [0.29, 0.717) is 0 Å². The standard InChI is InChI=1S/C5H6F5O3P/c6-4(1-5(7,8)9)2-12-14(10,11)13-3-4/h1-3H2. The van der Waals surface area contributed by atoms with Crippen LogP contribution in [0.25, 0.3) is 0 Å². The molecule has 1 aliphatic rings. The first kappa shape index (κ1) is 11.9. The molecule has 14 heavy (non-hydrogen) atoms. The van der Waals surface area contributed by atoms with E-state index in [4.69, 9.17) is 0 Å². The quantitative estimate of drug-likeness (QED) is 0.522. The predicted octanol–water partition coefficient (Wildman–Crippen LogP) is 2.77. The fraction of sp³-hybridized carbons (Fsp3) is 1.00. The van der Waals surface area contributed by atoms with Crippen molar-refractivity contribution in [2.75, 3.05) is 13.2 Å². The molecule has 1 fully saturated rings. The molecule has 0 spiro atoms. The molecule has 0 bridgehead atoms. The van der Waals surface area contributed by atoms with Gasteiger partial charge in [0, 0.05) is 0 Å². The highest BCUT2D eigenvalue weighted by Crippen LogP contribution is 2.55. The van der Waals surface area contributed by atoms with Crippen molar-refractivity contribution in [2.45, 2.75) is 18.3 Å². The molecule has 0 aromatic rings. The van der Waals surface area contributed by atoms with Crippen LogP contribution in [0, 0.1) is 0 Å². The molecule has 0 N–H and O–H groups in total. The van der Waals surface area contributed by atoms with Crippen molar-refractivity contribution >= 4 is 7.91 Å². The van der Waals surface area contributed by atoms with Crippen LogP contribution in [0.3, 0.4) is 0 Å². The fourth-order valence-electron chi connectivity index (χ4n) is 0.926. The highest BCUT2D eigenvalue weighted by Gasteiger charge is 2.49. The number of rotatable bonds is 1. The van der Waals surface area contributed by atoms with Crippen LogP contribution in [0.15, 0.2) is 0 Å². The van der Waals surface area contributed by atoms with Gasteiger partial charge >= 0.3 is 14.1 Å². The molecule has 0 unspecified atom stereocenters. The van der Waals surface area contributed by atoms with Crippen molar-refractivity contribution in [3.63, 3.8) is 0 Å². The minimum Gasteiger partial charge on any atom is -0.280 e. The topological polar surface area (TPSA) is 35.5 Å². The van der Waals surface area contributed by atoms with Gasteiger partial charge in [0.05, 0.1) is 19.6 Å². The summed E-state index contributed by atoms with van der Waals surface area (Å²) in [4.78, 5) is 0. The normalized spacial score (nSPS) is 39.8. The maximum absolute atomic E-state index is 13.2. The van der Waals surface area contributed by atoms with Gasteiger partial charge < -0.3 is 0 Å². The van der Waals surface area contributed by atoms with E-state index in [1.807, 2.05) is 0 Å². The monoisotopic (exact) mass is 240 g/mol. The van der Waals surface area contributed by atoms with E-state index in [-0.39, 0.29) is 0 Å². The zero-order valence-electron chi connectivity index (χ0n) is 6.68. The van der Waals surface area contributed by atoms with Crippen LogP contribution in [-0.4, -0.2) is 25.1 Å². The van der Waals surface area contributed by atoms with E-state index in [2.05, 4.69) is 9.05 Å². The van der Waals surface area contributed by atoms with E-state index < -0.39 is 39.4 Å². The Morgan fingerprint density at radius 2 is 1.71 bits per heavy atom. The maximum Gasteiger partial charge on any atom is 0.513 e. The van der Waals surface area contributed by atoms with Gasteiger partial charge in [-0.05, 0) is 0 Å². The summed E-state index contributed by atoms with van der Waals surface area (Å²) in [5.41, 5.74) is -2.86. The average Bonchev–Trinajstić information content (AvgIpc) is 1.93. The number of hydrogen-bond acceptors (Lipinski definition) is 3. The molecule has 0 amide bonds. The second-order valence-corrected chi connectivity index (χ2v) is 4.30. The summed E-state index contributed by atoms with van der Waals surface area (Å²) in [7, 11) is -4.84. The molecule has 3 nitrogen and oxygen atoms in total. The summed E-state index contributed by atoms with van der Waals surface area (Å²) in [5, 5.41) is 0. The molecule has 0 atom stereocenters. The summed E-state index contributed by atoms with van der Waals surface area (Å²) in [5.74, 6) is 0. The summed E-state index contributed by atoms with van der Waals surface area (Å²) in [6.07, 6.45) is -6.57. The van der Waals surface area contributed by atoms with Crippen molar-refractivity contribution in [1.82, 2.24) is 0 Å². The van der Waals surface area contributed by atoms with Crippen LogP contribution in [0.1, 0.15) is 6.42 Å². The Labute approximate surface area is 75.8 Å². The first-order valence-corrected chi connectivity index (χ1v) is 4.90. The number of hydrogen-bond donors (Lipinski definition) is 0. The van der Waals surface area contributed by atoms with Crippen molar-refractivity contribution < 1.29 is 35.4 Å². The third kappa shape index (κ3) is 3.51. The maximum atomic E-state index is 13.2. The van der Waals surface area contributed by atoms with Crippen LogP contribution in [0.4, 0.5) is 21.8 Å². The molecule has 1 rings (SSSR count). The van der Waals surface area contributed by atoms with Gasteiger partial charge in [0.15, 0.2) is 5.67 Å². The first-order valence-electron chi connectivity index (χ1n) is 3.46. The summed E-state index contributed by atoms with van der Waals surface area (Å²) in [6, 6.07) is 0. The van der Waals surface area contributed by atoms with E-state index in [1.54, 1.807) is 0 Å². The Bertz CT molecular complexity index is 253. The third-order valence-corrected chi connectivity index (χ3v) is 2.35. The van der Waals surface area contributed by atoms with Crippen LogP contribution < -0.4 is 0 Å². The van der Waals surface area contributed by atoms with Gasteiger partial charge in [0.2, 0.25) is 0 Å². The Balaban J connectivity index is 2.58. The zero-order chi connectivity index (χ0) is 11.0. The smallest absolute Gasteiger partial charge is 0.280 e. The lowest BCUT2D eigenvalue weighted by Gasteiger charge is -2.30. The molecule has 0 radical (unpaired) electrons. The molecule has 0 saturated carbocycles.